The summed E-state index contributed by atoms with van der Waals surface area (Å²) in [5, 5.41) is 0. The lowest BCUT2D eigenvalue weighted by atomic mass is 10.1. The third-order valence-electron chi connectivity index (χ3n) is 1.86. The van der Waals surface area contributed by atoms with Gasteiger partial charge in [-0.1, -0.05) is 40.7 Å². The van der Waals surface area contributed by atoms with E-state index < -0.39 is 0 Å². The van der Waals surface area contributed by atoms with Crippen molar-refractivity contribution in [3.05, 3.63) is 40.9 Å². The molecule has 0 unspecified atom stereocenters. The monoisotopic (exact) mass is 240 g/mol. The van der Waals surface area contributed by atoms with Crippen molar-refractivity contribution in [3.63, 3.8) is 0 Å². The summed E-state index contributed by atoms with van der Waals surface area (Å²) in [5.74, 6) is 0.955. The van der Waals surface area contributed by atoms with Crippen LogP contribution in [0.1, 0.15) is 12.0 Å². The molecule has 1 aromatic carbocycles. The maximum Gasteiger partial charge on any atom is 0.122 e. The molecule has 2 heteroatoms. The highest BCUT2D eigenvalue weighted by Crippen LogP contribution is 2.21. The van der Waals surface area contributed by atoms with Crippen LogP contribution in [0.25, 0.3) is 0 Å². The van der Waals surface area contributed by atoms with Crippen LogP contribution >= 0.6 is 15.9 Å². The molecule has 0 saturated carbocycles. The predicted octanol–water partition coefficient (Wildman–Crippen LogP) is 3.54. The Morgan fingerprint density at radius 3 is 2.77 bits per heavy atom. The molecule has 70 valence electrons. The standard InChI is InChI=1S/C11H13BrO/c1-9(12)7-8-10-5-3-4-6-11(10)13-2/h3-6H,1,7-8H2,2H3. The van der Waals surface area contributed by atoms with Crippen LogP contribution in [0.2, 0.25) is 0 Å². The SMILES string of the molecule is C=C(Br)CCc1ccccc1OC. The summed E-state index contributed by atoms with van der Waals surface area (Å²) >= 11 is 3.34. The van der Waals surface area contributed by atoms with Gasteiger partial charge in [0.25, 0.3) is 0 Å². The Morgan fingerprint density at radius 2 is 2.15 bits per heavy atom. The van der Waals surface area contributed by atoms with E-state index in [4.69, 9.17) is 4.74 Å². The number of rotatable bonds is 4. The first-order chi connectivity index (χ1) is 6.24. The van der Waals surface area contributed by atoms with E-state index in [1.54, 1.807) is 7.11 Å². The highest BCUT2D eigenvalue weighted by Gasteiger charge is 2.00. The minimum absolute atomic E-state index is 0.945. The fourth-order valence-electron chi connectivity index (χ4n) is 1.18. The van der Waals surface area contributed by atoms with Crippen LogP contribution in [-0.4, -0.2) is 7.11 Å². The average Bonchev–Trinajstić information content (AvgIpc) is 2.15. The van der Waals surface area contributed by atoms with Crippen molar-refractivity contribution >= 4 is 15.9 Å². The number of aryl methyl sites for hydroxylation is 1. The van der Waals surface area contributed by atoms with E-state index in [1.807, 2.05) is 18.2 Å². The number of ether oxygens (including phenoxy) is 1. The molecule has 0 N–H and O–H groups in total. The Bertz CT molecular complexity index is 294. The first kappa shape index (κ1) is 10.3. The van der Waals surface area contributed by atoms with Gasteiger partial charge in [-0.2, -0.15) is 0 Å². The van der Waals surface area contributed by atoms with Gasteiger partial charge in [-0.25, -0.2) is 0 Å². The van der Waals surface area contributed by atoms with Gasteiger partial charge in [-0.05, 0) is 29.0 Å². The van der Waals surface area contributed by atoms with Gasteiger partial charge < -0.3 is 4.74 Å². The van der Waals surface area contributed by atoms with Crippen molar-refractivity contribution in [2.45, 2.75) is 12.8 Å². The summed E-state index contributed by atoms with van der Waals surface area (Å²) in [6, 6.07) is 8.06. The first-order valence-electron chi connectivity index (χ1n) is 4.19. The normalized spacial score (nSPS) is 9.69. The Balaban J connectivity index is 2.69. The van der Waals surface area contributed by atoms with Crippen LogP contribution in [0.15, 0.2) is 35.3 Å². The number of hydrogen-bond acceptors (Lipinski definition) is 1. The zero-order chi connectivity index (χ0) is 9.68. The van der Waals surface area contributed by atoms with E-state index in [0.717, 1.165) is 23.1 Å². The number of methoxy groups -OCH3 is 1. The second kappa shape index (κ2) is 5.07. The van der Waals surface area contributed by atoms with Crippen LogP contribution in [-0.2, 0) is 6.42 Å². The molecule has 0 spiro atoms. The second-order valence-electron chi connectivity index (χ2n) is 2.83. The van der Waals surface area contributed by atoms with Gasteiger partial charge in [-0.15, -0.1) is 0 Å². The summed E-state index contributed by atoms with van der Waals surface area (Å²) < 4.78 is 6.26. The fraction of sp³-hybridized carbons (Fsp3) is 0.273. The van der Waals surface area contributed by atoms with Gasteiger partial charge in [-0.3, -0.25) is 0 Å². The Morgan fingerprint density at radius 1 is 1.46 bits per heavy atom. The van der Waals surface area contributed by atoms with Gasteiger partial charge in [0, 0.05) is 0 Å². The summed E-state index contributed by atoms with van der Waals surface area (Å²) in [7, 11) is 1.70. The highest BCUT2D eigenvalue weighted by atomic mass is 79.9. The van der Waals surface area contributed by atoms with E-state index in [9.17, 15) is 0 Å². The number of benzene rings is 1. The molecule has 0 amide bonds. The van der Waals surface area contributed by atoms with Crippen molar-refractivity contribution in [1.82, 2.24) is 0 Å². The lowest BCUT2D eigenvalue weighted by Gasteiger charge is -2.06. The largest absolute Gasteiger partial charge is 0.496 e. The van der Waals surface area contributed by atoms with E-state index >= 15 is 0 Å². The molecule has 0 fully saturated rings. The van der Waals surface area contributed by atoms with Crippen molar-refractivity contribution < 1.29 is 4.74 Å². The van der Waals surface area contributed by atoms with E-state index in [2.05, 4.69) is 28.6 Å². The third kappa shape index (κ3) is 3.23. The Labute approximate surface area is 87.5 Å². The molecule has 0 aromatic heterocycles. The molecular weight excluding hydrogens is 228 g/mol. The zero-order valence-electron chi connectivity index (χ0n) is 7.72. The molecule has 1 rings (SSSR count). The first-order valence-corrected chi connectivity index (χ1v) is 4.98. The van der Waals surface area contributed by atoms with E-state index in [-0.39, 0.29) is 0 Å². The van der Waals surface area contributed by atoms with Gasteiger partial charge in [0.1, 0.15) is 5.75 Å². The minimum atomic E-state index is 0.945. The van der Waals surface area contributed by atoms with Crippen molar-refractivity contribution in [3.8, 4) is 5.75 Å². The number of hydrogen-bond donors (Lipinski definition) is 0. The smallest absolute Gasteiger partial charge is 0.122 e. The second-order valence-corrected chi connectivity index (χ2v) is 3.95. The highest BCUT2D eigenvalue weighted by molar-refractivity contribution is 9.11. The quantitative estimate of drug-likeness (QED) is 0.783. The maximum absolute atomic E-state index is 5.23. The molecule has 0 radical (unpaired) electrons. The number of allylic oxidation sites excluding steroid dienone is 1. The van der Waals surface area contributed by atoms with Gasteiger partial charge in [0.15, 0.2) is 0 Å². The molecule has 0 aliphatic carbocycles. The van der Waals surface area contributed by atoms with Gasteiger partial charge in [0.05, 0.1) is 7.11 Å². The Hall–Kier alpha value is -0.760. The minimum Gasteiger partial charge on any atom is -0.496 e. The number of halogens is 1. The summed E-state index contributed by atoms with van der Waals surface area (Å²) in [5.41, 5.74) is 1.23. The molecule has 0 bridgehead atoms. The molecule has 1 aromatic rings. The summed E-state index contributed by atoms with van der Waals surface area (Å²) in [6.45, 7) is 3.80. The van der Waals surface area contributed by atoms with Gasteiger partial charge in [0.2, 0.25) is 0 Å². The lowest BCUT2D eigenvalue weighted by Crippen LogP contribution is -1.91. The van der Waals surface area contributed by atoms with Crippen LogP contribution < -0.4 is 4.74 Å². The van der Waals surface area contributed by atoms with Crippen molar-refractivity contribution in [2.75, 3.05) is 7.11 Å². The third-order valence-corrected chi connectivity index (χ3v) is 2.25. The molecule has 0 heterocycles. The zero-order valence-corrected chi connectivity index (χ0v) is 9.30. The van der Waals surface area contributed by atoms with Gasteiger partial charge >= 0.3 is 0 Å². The fourth-order valence-corrected chi connectivity index (χ4v) is 1.38. The van der Waals surface area contributed by atoms with E-state index in [0.29, 0.717) is 0 Å². The number of para-hydroxylation sites is 1. The van der Waals surface area contributed by atoms with Crippen LogP contribution in [0.4, 0.5) is 0 Å². The van der Waals surface area contributed by atoms with Crippen molar-refractivity contribution in [2.24, 2.45) is 0 Å². The summed E-state index contributed by atoms with van der Waals surface area (Å²) in [6.07, 6.45) is 1.91. The maximum atomic E-state index is 5.23. The molecule has 0 saturated heterocycles. The predicted molar refractivity (Wildman–Crippen MR) is 59.4 cm³/mol. The molecule has 1 nitrogen and oxygen atoms in total. The molecule has 0 aliphatic heterocycles. The summed E-state index contributed by atoms with van der Waals surface area (Å²) in [4.78, 5) is 0. The van der Waals surface area contributed by atoms with Crippen LogP contribution in [0.3, 0.4) is 0 Å². The van der Waals surface area contributed by atoms with Crippen LogP contribution in [0.5, 0.6) is 5.75 Å². The lowest BCUT2D eigenvalue weighted by molar-refractivity contribution is 0.409. The average molecular weight is 241 g/mol. The Kier molecular flexibility index (Phi) is 4.03. The molecule has 0 aliphatic rings. The molecule has 0 atom stereocenters. The van der Waals surface area contributed by atoms with Crippen LogP contribution in [0, 0.1) is 0 Å². The molecular formula is C11H13BrO. The van der Waals surface area contributed by atoms with E-state index in [1.165, 1.54) is 5.56 Å². The molecule has 13 heavy (non-hydrogen) atoms. The van der Waals surface area contributed by atoms with Crippen molar-refractivity contribution in [1.29, 1.82) is 0 Å². The topological polar surface area (TPSA) is 9.23 Å².